The molecule has 3 rings (SSSR count). The van der Waals surface area contributed by atoms with Gasteiger partial charge in [-0.2, -0.15) is 5.10 Å². The molecule has 2 aliphatic rings. The molecular formula is C15H22N4O3. The predicted octanol–water partition coefficient (Wildman–Crippen LogP) is 0.425. The van der Waals surface area contributed by atoms with Crippen molar-refractivity contribution in [3.05, 3.63) is 18.0 Å². The topological polar surface area (TPSA) is 67.7 Å². The van der Waals surface area contributed by atoms with E-state index < -0.39 is 6.04 Å². The number of carbonyl (C=O) groups is 2. The third-order valence-electron chi connectivity index (χ3n) is 4.22. The number of nitrogens with zero attached hydrogens (tertiary/aromatic N) is 4. The molecular weight excluding hydrogens is 284 g/mol. The second-order valence-electron chi connectivity index (χ2n) is 5.74. The molecule has 120 valence electrons. The van der Waals surface area contributed by atoms with Gasteiger partial charge in [0.2, 0.25) is 11.8 Å². The Hall–Kier alpha value is -1.89. The van der Waals surface area contributed by atoms with Crippen LogP contribution in [0.1, 0.15) is 31.5 Å². The van der Waals surface area contributed by atoms with E-state index in [0.717, 1.165) is 12.1 Å². The van der Waals surface area contributed by atoms with Crippen molar-refractivity contribution in [1.29, 1.82) is 0 Å². The highest BCUT2D eigenvalue weighted by molar-refractivity contribution is 5.83. The van der Waals surface area contributed by atoms with Gasteiger partial charge in [-0.3, -0.25) is 14.3 Å². The van der Waals surface area contributed by atoms with Gasteiger partial charge >= 0.3 is 0 Å². The summed E-state index contributed by atoms with van der Waals surface area (Å²) < 4.78 is 7.07. The van der Waals surface area contributed by atoms with Gasteiger partial charge in [-0.15, -0.1) is 0 Å². The highest BCUT2D eigenvalue weighted by Crippen LogP contribution is 2.23. The first-order valence-electron chi connectivity index (χ1n) is 7.87. The summed E-state index contributed by atoms with van der Waals surface area (Å²) >= 11 is 0. The maximum atomic E-state index is 12.8. The van der Waals surface area contributed by atoms with Crippen LogP contribution in [0.2, 0.25) is 0 Å². The molecule has 1 saturated heterocycles. The Bertz CT molecular complexity index is 551. The number of morpholine rings is 1. The first kappa shape index (κ1) is 15.0. The van der Waals surface area contributed by atoms with Gasteiger partial charge in [-0.1, -0.05) is 6.92 Å². The molecule has 1 aromatic heterocycles. The van der Waals surface area contributed by atoms with E-state index in [2.05, 4.69) is 5.10 Å². The van der Waals surface area contributed by atoms with E-state index in [4.69, 9.17) is 4.74 Å². The fraction of sp³-hybridized carbons (Fsp3) is 0.667. The first-order chi connectivity index (χ1) is 10.7. The third kappa shape index (κ3) is 2.85. The van der Waals surface area contributed by atoms with E-state index in [1.54, 1.807) is 15.8 Å². The van der Waals surface area contributed by atoms with Crippen LogP contribution in [0, 0.1) is 0 Å². The lowest BCUT2D eigenvalue weighted by atomic mass is 10.1. The zero-order chi connectivity index (χ0) is 15.5. The van der Waals surface area contributed by atoms with Crippen molar-refractivity contribution in [2.75, 3.05) is 32.8 Å². The Morgan fingerprint density at radius 1 is 1.32 bits per heavy atom. The van der Waals surface area contributed by atoms with Crippen molar-refractivity contribution in [3.63, 3.8) is 0 Å². The molecule has 0 saturated carbocycles. The Kier molecular flexibility index (Phi) is 4.42. The molecule has 22 heavy (non-hydrogen) atoms. The Morgan fingerprint density at radius 2 is 2.09 bits per heavy atom. The predicted molar refractivity (Wildman–Crippen MR) is 79.0 cm³/mol. The first-order valence-corrected chi connectivity index (χ1v) is 7.87. The average molecular weight is 306 g/mol. The highest BCUT2D eigenvalue weighted by atomic mass is 16.5. The molecule has 0 spiro atoms. The molecule has 0 N–H and O–H groups in total. The minimum absolute atomic E-state index is 0.0299. The maximum absolute atomic E-state index is 12.8. The summed E-state index contributed by atoms with van der Waals surface area (Å²) in [6, 6.07) is 1.46. The number of amides is 2. The number of rotatable bonds is 3. The fourth-order valence-electron chi connectivity index (χ4n) is 3.03. The Labute approximate surface area is 129 Å². The minimum atomic E-state index is -0.419. The lowest BCUT2D eigenvalue weighted by Crippen LogP contribution is -2.50. The van der Waals surface area contributed by atoms with Crippen molar-refractivity contribution >= 4 is 11.8 Å². The van der Waals surface area contributed by atoms with Gasteiger partial charge in [-0.05, 0) is 12.5 Å². The van der Waals surface area contributed by atoms with Crippen LogP contribution in [0.4, 0.5) is 0 Å². The van der Waals surface area contributed by atoms with Crippen LogP contribution in [-0.4, -0.2) is 64.2 Å². The minimum Gasteiger partial charge on any atom is -0.378 e. The van der Waals surface area contributed by atoms with E-state index in [1.165, 1.54) is 0 Å². The van der Waals surface area contributed by atoms with E-state index in [9.17, 15) is 9.59 Å². The number of aromatic nitrogens is 2. The summed E-state index contributed by atoms with van der Waals surface area (Å²) in [5.41, 5.74) is 0.919. The average Bonchev–Trinajstić information content (AvgIpc) is 3.02. The number of hydrogen-bond donors (Lipinski definition) is 0. The molecule has 0 aliphatic carbocycles. The molecule has 0 radical (unpaired) electrons. The number of carbonyl (C=O) groups excluding carboxylic acids is 2. The van der Waals surface area contributed by atoms with Gasteiger partial charge in [0.05, 0.1) is 32.0 Å². The van der Waals surface area contributed by atoms with Crippen LogP contribution in [0.15, 0.2) is 12.3 Å². The van der Waals surface area contributed by atoms with E-state index in [-0.39, 0.29) is 11.8 Å². The van der Waals surface area contributed by atoms with Gasteiger partial charge in [0.25, 0.3) is 0 Å². The molecule has 0 aromatic carbocycles. The second-order valence-corrected chi connectivity index (χ2v) is 5.74. The molecule has 1 fully saturated rings. The molecule has 2 amide bonds. The number of ether oxygens (including phenoxy) is 1. The summed E-state index contributed by atoms with van der Waals surface area (Å²) in [4.78, 5) is 28.6. The van der Waals surface area contributed by atoms with E-state index >= 15 is 0 Å². The monoisotopic (exact) mass is 306 g/mol. The lowest BCUT2D eigenvalue weighted by molar-refractivity contribution is -0.143. The summed E-state index contributed by atoms with van der Waals surface area (Å²) in [5, 5.41) is 4.29. The van der Waals surface area contributed by atoms with E-state index in [0.29, 0.717) is 45.8 Å². The molecule has 1 atom stereocenters. The van der Waals surface area contributed by atoms with Gasteiger partial charge in [0, 0.05) is 25.7 Å². The van der Waals surface area contributed by atoms with Gasteiger partial charge < -0.3 is 14.5 Å². The largest absolute Gasteiger partial charge is 0.378 e. The van der Waals surface area contributed by atoms with Crippen molar-refractivity contribution < 1.29 is 14.3 Å². The summed E-state index contributed by atoms with van der Waals surface area (Å²) in [5.74, 6) is 0.136. The van der Waals surface area contributed by atoms with Crippen LogP contribution in [0.5, 0.6) is 0 Å². The lowest BCUT2D eigenvalue weighted by Gasteiger charge is -2.36. The van der Waals surface area contributed by atoms with Crippen molar-refractivity contribution in [1.82, 2.24) is 19.6 Å². The number of hydrogen-bond acceptors (Lipinski definition) is 4. The zero-order valence-electron chi connectivity index (χ0n) is 12.9. The van der Waals surface area contributed by atoms with Crippen LogP contribution in [-0.2, 0) is 20.9 Å². The van der Waals surface area contributed by atoms with E-state index in [1.807, 2.05) is 17.9 Å². The van der Waals surface area contributed by atoms with Gasteiger partial charge in [0.1, 0.15) is 6.04 Å². The van der Waals surface area contributed by atoms with Crippen molar-refractivity contribution in [3.8, 4) is 0 Å². The highest BCUT2D eigenvalue weighted by Gasteiger charge is 2.35. The zero-order valence-corrected chi connectivity index (χ0v) is 12.9. The molecule has 7 nitrogen and oxygen atoms in total. The summed E-state index contributed by atoms with van der Waals surface area (Å²) in [7, 11) is 0. The van der Waals surface area contributed by atoms with Crippen LogP contribution < -0.4 is 0 Å². The van der Waals surface area contributed by atoms with Gasteiger partial charge in [-0.25, -0.2) is 0 Å². The molecule has 0 unspecified atom stereocenters. The molecule has 0 bridgehead atoms. The summed E-state index contributed by atoms with van der Waals surface area (Å²) in [6.45, 7) is 5.29. The summed E-state index contributed by atoms with van der Waals surface area (Å²) in [6.07, 6.45) is 3.03. The normalized spacial score (nSPS) is 21.6. The fourth-order valence-corrected chi connectivity index (χ4v) is 3.03. The van der Waals surface area contributed by atoms with Crippen LogP contribution >= 0.6 is 0 Å². The maximum Gasteiger partial charge on any atom is 0.249 e. The van der Waals surface area contributed by atoms with Gasteiger partial charge in [0.15, 0.2) is 0 Å². The molecule has 2 aliphatic heterocycles. The van der Waals surface area contributed by atoms with Crippen LogP contribution in [0.25, 0.3) is 0 Å². The SMILES string of the molecule is CCCC(=O)N1Cc2ccnn2[C@H](C(=O)N2CCOCC2)C1. The molecule has 7 heteroatoms. The smallest absolute Gasteiger partial charge is 0.249 e. The third-order valence-corrected chi connectivity index (χ3v) is 4.22. The Balaban J connectivity index is 1.80. The Morgan fingerprint density at radius 3 is 2.82 bits per heavy atom. The molecule has 1 aromatic rings. The number of fused-ring (bicyclic) bond motifs is 1. The second kappa shape index (κ2) is 6.48. The quantitative estimate of drug-likeness (QED) is 0.812. The van der Waals surface area contributed by atoms with Crippen molar-refractivity contribution in [2.24, 2.45) is 0 Å². The molecule has 3 heterocycles. The van der Waals surface area contributed by atoms with Crippen molar-refractivity contribution in [2.45, 2.75) is 32.4 Å². The standard InChI is InChI=1S/C15H22N4O3/c1-2-3-14(20)18-10-12-4-5-16-19(12)13(11-18)15(21)17-6-8-22-9-7-17/h4-5,13H,2-3,6-11H2,1H3/t13-/m0/s1. The van der Waals surface area contributed by atoms with Crippen LogP contribution in [0.3, 0.4) is 0 Å².